The van der Waals surface area contributed by atoms with Gasteiger partial charge in [-0.2, -0.15) is 0 Å². The number of halogens is 2. The molecule has 1 aromatic carbocycles. The second-order valence-electron chi connectivity index (χ2n) is 6.18. The lowest BCUT2D eigenvalue weighted by atomic mass is 10.2. The molecule has 2 aromatic rings. The minimum Gasteiger partial charge on any atom is -0.480 e. The van der Waals surface area contributed by atoms with Crippen LogP contribution >= 0.6 is 27.5 Å². The van der Waals surface area contributed by atoms with Crippen molar-refractivity contribution in [2.24, 2.45) is 0 Å². The average molecular weight is 455 g/mol. The summed E-state index contributed by atoms with van der Waals surface area (Å²) in [7, 11) is 0. The zero-order chi connectivity index (χ0) is 19.2. The molecule has 3 rings (SSSR count). The smallest absolute Gasteiger partial charge is 0.261 e. The molecule has 0 bridgehead atoms. The van der Waals surface area contributed by atoms with E-state index in [1.54, 1.807) is 31.3 Å². The Bertz CT molecular complexity index is 782. The van der Waals surface area contributed by atoms with Crippen LogP contribution in [0.1, 0.15) is 12.5 Å². The molecule has 1 atom stereocenters. The Kier molecular flexibility index (Phi) is 6.93. The van der Waals surface area contributed by atoms with Crippen molar-refractivity contribution < 1.29 is 14.3 Å². The fourth-order valence-corrected chi connectivity index (χ4v) is 3.42. The second kappa shape index (κ2) is 9.39. The minimum atomic E-state index is -0.636. The van der Waals surface area contributed by atoms with Gasteiger partial charge in [0.1, 0.15) is 11.6 Å². The Balaban J connectivity index is 1.50. The number of benzene rings is 1. The van der Waals surface area contributed by atoms with Crippen molar-refractivity contribution in [1.82, 2.24) is 10.3 Å². The Morgan fingerprint density at radius 2 is 2.15 bits per heavy atom. The number of pyridine rings is 1. The summed E-state index contributed by atoms with van der Waals surface area (Å²) in [5.41, 5.74) is 0.931. The van der Waals surface area contributed by atoms with Crippen LogP contribution in [0.3, 0.4) is 0 Å². The molecule has 8 heteroatoms. The van der Waals surface area contributed by atoms with Gasteiger partial charge in [-0.05, 0) is 52.7 Å². The topological polar surface area (TPSA) is 63.7 Å². The molecule has 0 aliphatic carbocycles. The van der Waals surface area contributed by atoms with Gasteiger partial charge in [-0.3, -0.25) is 4.79 Å². The number of rotatable bonds is 6. The molecule has 1 aliphatic heterocycles. The van der Waals surface area contributed by atoms with Gasteiger partial charge in [-0.25, -0.2) is 4.98 Å². The molecule has 1 saturated heterocycles. The van der Waals surface area contributed by atoms with E-state index in [2.05, 4.69) is 31.1 Å². The first-order chi connectivity index (χ1) is 13.0. The summed E-state index contributed by atoms with van der Waals surface area (Å²) in [6.45, 7) is 5.24. The van der Waals surface area contributed by atoms with Gasteiger partial charge < -0.3 is 19.7 Å². The molecular weight excluding hydrogens is 434 g/mol. The van der Waals surface area contributed by atoms with Crippen molar-refractivity contribution in [1.29, 1.82) is 0 Å². The summed E-state index contributed by atoms with van der Waals surface area (Å²) >= 11 is 9.29. The number of anilines is 1. The van der Waals surface area contributed by atoms with E-state index in [9.17, 15) is 4.79 Å². The maximum absolute atomic E-state index is 12.3. The monoisotopic (exact) mass is 453 g/mol. The van der Waals surface area contributed by atoms with Gasteiger partial charge in [-0.15, -0.1) is 0 Å². The van der Waals surface area contributed by atoms with Crippen molar-refractivity contribution in [2.45, 2.75) is 19.6 Å². The van der Waals surface area contributed by atoms with Crippen molar-refractivity contribution in [2.75, 3.05) is 31.2 Å². The molecule has 1 amide bonds. The molecule has 1 aliphatic rings. The number of aromatic nitrogens is 1. The molecular formula is C19H21BrClN3O3. The van der Waals surface area contributed by atoms with E-state index in [1.807, 2.05) is 12.1 Å². The summed E-state index contributed by atoms with van der Waals surface area (Å²) in [4.78, 5) is 19.0. The Morgan fingerprint density at radius 1 is 1.37 bits per heavy atom. The third-order valence-corrected chi connectivity index (χ3v) is 5.03. The first kappa shape index (κ1) is 19.9. The molecule has 0 saturated carbocycles. The SMILES string of the molecule is CC(Oc1ccc(Cl)cc1Br)C(=O)NCc1ccc(N2CCOCC2)nc1. The fraction of sp³-hybridized carbons (Fsp3) is 0.368. The first-order valence-corrected chi connectivity index (χ1v) is 9.87. The molecule has 0 spiro atoms. The Labute approximate surface area is 171 Å². The molecule has 1 fully saturated rings. The van der Waals surface area contributed by atoms with E-state index in [0.29, 0.717) is 21.8 Å². The summed E-state index contributed by atoms with van der Waals surface area (Å²) in [6.07, 6.45) is 1.15. The number of amides is 1. The maximum Gasteiger partial charge on any atom is 0.261 e. The number of nitrogens with zero attached hydrogens (tertiary/aromatic N) is 2. The quantitative estimate of drug-likeness (QED) is 0.725. The number of morpholine rings is 1. The fourth-order valence-electron chi connectivity index (χ4n) is 2.65. The van der Waals surface area contributed by atoms with E-state index in [1.165, 1.54) is 0 Å². The van der Waals surface area contributed by atoms with Crippen molar-refractivity contribution in [3.05, 3.63) is 51.6 Å². The summed E-state index contributed by atoms with van der Waals surface area (Å²) in [6, 6.07) is 9.11. The largest absolute Gasteiger partial charge is 0.480 e. The van der Waals surface area contributed by atoms with Crippen LogP contribution in [-0.4, -0.2) is 43.3 Å². The van der Waals surface area contributed by atoms with E-state index >= 15 is 0 Å². The minimum absolute atomic E-state index is 0.200. The molecule has 1 aromatic heterocycles. The summed E-state index contributed by atoms with van der Waals surface area (Å²) in [5.74, 6) is 1.30. The highest BCUT2D eigenvalue weighted by Crippen LogP contribution is 2.28. The van der Waals surface area contributed by atoms with Crippen LogP contribution in [0.25, 0.3) is 0 Å². The normalized spacial score (nSPS) is 15.3. The third kappa shape index (κ3) is 5.57. The second-order valence-corrected chi connectivity index (χ2v) is 7.47. The Morgan fingerprint density at radius 3 is 2.81 bits per heavy atom. The lowest BCUT2D eigenvalue weighted by Gasteiger charge is -2.27. The van der Waals surface area contributed by atoms with Crippen LogP contribution in [0.15, 0.2) is 41.0 Å². The van der Waals surface area contributed by atoms with Gasteiger partial charge in [-0.1, -0.05) is 17.7 Å². The standard InChI is InChI=1S/C19H21BrClN3O3/c1-13(27-17-4-3-15(21)10-16(17)20)19(25)23-12-14-2-5-18(22-11-14)24-6-8-26-9-7-24/h2-5,10-11,13H,6-9,12H2,1H3,(H,23,25). The van der Waals surface area contributed by atoms with Gasteiger partial charge in [0.2, 0.25) is 0 Å². The first-order valence-electron chi connectivity index (χ1n) is 8.70. The molecule has 144 valence electrons. The van der Waals surface area contributed by atoms with E-state index in [0.717, 1.165) is 37.7 Å². The number of carbonyl (C=O) groups is 1. The summed E-state index contributed by atoms with van der Waals surface area (Å²) < 4.78 is 11.8. The predicted molar refractivity (Wildman–Crippen MR) is 108 cm³/mol. The van der Waals surface area contributed by atoms with Crippen LogP contribution < -0.4 is 15.0 Å². The molecule has 27 heavy (non-hydrogen) atoms. The Hall–Kier alpha value is -1.83. The molecule has 1 unspecified atom stereocenters. The van der Waals surface area contributed by atoms with Crippen LogP contribution in [0.4, 0.5) is 5.82 Å². The molecule has 0 radical (unpaired) electrons. The van der Waals surface area contributed by atoms with Crippen LogP contribution in [0.5, 0.6) is 5.75 Å². The number of hydrogen-bond acceptors (Lipinski definition) is 5. The maximum atomic E-state index is 12.3. The number of ether oxygens (including phenoxy) is 2. The highest BCUT2D eigenvalue weighted by atomic mass is 79.9. The predicted octanol–water partition coefficient (Wildman–Crippen LogP) is 3.42. The zero-order valence-corrected chi connectivity index (χ0v) is 17.3. The van der Waals surface area contributed by atoms with Crippen LogP contribution in [0, 0.1) is 0 Å². The van der Waals surface area contributed by atoms with Gasteiger partial charge in [0.25, 0.3) is 5.91 Å². The van der Waals surface area contributed by atoms with Gasteiger partial charge >= 0.3 is 0 Å². The van der Waals surface area contributed by atoms with E-state index in [4.69, 9.17) is 21.1 Å². The lowest BCUT2D eigenvalue weighted by Crippen LogP contribution is -2.37. The van der Waals surface area contributed by atoms with Crippen molar-refractivity contribution in [3.8, 4) is 5.75 Å². The number of carbonyl (C=O) groups excluding carboxylic acids is 1. The molecule has 2 heterocycles. The average Bonchev–Trinajstić information content (AvgIpc) is 2.69. The number of nitrogens with one attached hydrogen (secondary N) is 1. The molecule has 1 N–H and O–H groups in total. The van der Waals surface area contributed by atoms with Gasteiger partial charge in [0.15, 0.2) is 6.10 Å². The molecule has 6 nitrogen and oxygen atoms in total. The highest BCUT2D eigenvalue weighted by molar-refractivity contribution is 9.10. The van der Waals surface area contributed by atoms with Gasteiger partial charge in [0.05, 0.1) is 17.7 Å². The van der Waals surface area contributed by atoms with Crippen molar-refractivity contribution >= 4 is 39.3 Å². The highest BCUT2D eigenvalue weighted by Gasteiger charge is 2.16. The van der Waals surface area contributed by atoms with Crippen LogP contribution in [-0.2, 0) is 16.1 Å². The number of hydrogen-bond donors (Lipinski definition) is 1. The van der Waals surface area contributed by atoms with Gasteiger partial charge in [0, 0.05) is 30.9 Å². The lowest BCUT2D eigenvalue weighted by molar-refractivity contribution is -0.127. The van der Waals surface area contributed by atoms with Crippen LogP contribution in [0.2, 0.25) is 5.02 Å². The van der Waals surface area contributed by atoms with E-state index in [-0.39, 0.29) is 5.91 Å². The van der Waals surface area contributed by atoms with E-state index < -0.39 is 6.10 Å². The van der Waals surface area contributed by atoms with Crippen molar-refractivity contribution in [3.63, 3.8) is 0 Å². The third-order valence-electron chi connectivity index (χ3n) is 4.18. The summed E-state index contributed by atoms with van der Waals surface area (Å²) in [5, 5.41) is 3.47. The zero-order valence-electron chi connectivity index (χ0n) is 15.0.